The fraction of sp³-hybridized carbons (Fsp3) is 0.529. The molecule has 1 aromatic rings. The number of hydrogen-bond donors (Lipinski definition) is 2. The maximum absolute atomic E-state index is 13.0. The number of carbonyl (C=O) groups excluding carboxylic acids is 1. The third-order valence-corrected chi connectivity index (χ3v) is 3.86. The Morgan fingerprint density at radius 3 is 2.35 bits per heavy atom. The molecule has 23 heavy (non-hydrogen) atoms. The van der Waals surface area contributed by atoms with Crippen molar-refractivity contribution < 1.29 is 19.1 Å². The summed E-state index contributed by atoms with van der Waals surface area (Å²) in [6.07, 6.45) is 1.20. The number of amides is 1. The minimum atomic E-state index is -0.950. The van der Waals surface area contributed by atoms with Crippen molar-refractivity contribution >= 4 is 11.9 Å². The van der Waals surface area contributed by atoms with E-state index in [1.807, 2.05) is 20.8 Å². The van der Waals surface area contributed by atoms with Gasteiger partial charge in [-0.25, -0.2) is 4.39 Å². The Morgan fingerprint density at radius 2 is 1.87 bits per heavy atom. The van der Waals surface area contributed by atoms with Crippen LogP contribution in [0.5, 0.6) is 0 Å². The molecule has 2 N–H and O–H groups in total. The van der Waals surface area contributed by atoms with Crippen LogP contribution in [0.1, 0.15) is 45.2 Å². The number of nitrogens with one attached hydrogen (secondary N) is 1. The maximum Gasteiger partial charge on any atom is 0.320 e. The molecule has 0 aliphatic heterocycles. The zero-order chi connectivity index (χ0) is 17.4. The second-order valence-electron chi connectivity index (χ2n) is 5.47. The molecule has 128 valence electrons. The molecule has 1 rings (SSSR count). The molecule has 0 fully saturated rings. The van der Waals surface area contributed by atoms with Gasteiger partial charge in [0.1, 0.15) is 11.9 Å². The summed E-state index contributed by atoms with van der Waals surface area (Å²) in [6, 6.07) is 5.11. The first-order chi connectivity index (χ1) is 10.9. The minimum absolute atomic E-state index is 0.0314. The summed E-state index contributed by atoms with van der Waals surface area (Å²) in [7, 11) is 0. The van der Waals surface area contributed by atoms with Crippen molar-refractivity contribution in [3.63, 3.8) is 0 Å². The summed E-state index contributed by atoms with van der Waals surface area (Å²) >= 11 is 0. The van der Waals surface area contributed by atoms with Gasteiger partial charge in [0.2, 0.25) is 5.91 Å². The average molecular weight is 324 g/mol. The summed E-state index contributed by atoms with van der Waals surface area (Å²) in [5.74, 6) is -1.44. The number of carbonyl (C=O) groups is 2. The predicted molar refractivity (Wildman–Crippen MR) is 86.5 cm³/mol. The lowest BCUT2D eigenvalue weighted by Gasteiger charge is -2.29. The third-order valence-electron chi connectivity index (χ3n) is 3.86. The van der Waals surface area contributed by atoms with E-state index in [2.05, 4.69) is 5.32 Å². The molecule has 2 unspecified atom stereocenters. The molecule has 6 heteroatoms. The molecule has 0 heterocycles. The minimum Gasteiger partial charge on any atom is -0.480 e. The van der Waals surface area contributed by atoms with Gasteiger partial charge in [-0.1, -0.05) is 25.5 Å². The summed E-state index contributed by atoms with van der Waals surface area (Å²) < 4.78 is 13.0. The smallest absolute Gasteiger partial charge is 0.320 e. The molecule has 1 amide bonds. The van der Waals surface area contributed by atoms with Gasteiger partial charge < -0.3 is 10.0 Å². The average Bonchev–Trinajstić information content (AvgIpc) is 2.52. The molecule has 0 aliphatic carbocycles. The molecule has 0 radical (unpaired) electrons. The number of halogens is 1. The molecule has 0 saturated carbocycles. The highest BCUT2D eigenvalue weighted by atomic mass is 19.1. The SMILES string of the molecule is CCCC(NCC(=O)N(CC)C(C)c1ccc(F)cc1)C(=O)O. The van der Waals surface area contributed by atoms with Gasteiger partial charge in [-0.15, -0.1) is 0 Å². The van der Waals surface area contributed by atoms with Gasteiger partial charge in [0.25, 0.3) is 0 Å². The van der Waals surface area contributed by atoms with E-state index in [1.165, 1.54) is 12.1 Å². The topological polar surface area (TPSA) is 69.6 Å². The molecule has 5 nitrogen and oxygen atoms in total. The van der Waals surface area contributed by atoms with Crippen LogP contribution in [0, 0.1) is 5.82 Å². The zero-order valence-electron chi connectivity index (χ0n) is 13.9. The fourth-order valence-electron chi connectivity index (χ4n) is 2.50. The van der Waals surface area contributed by atoms with E-state index >= 15 is 0 Å². The van der Waals surface area contributed by atoms with Crippen LogP contribution >= 0.6 is 0 Å². The van der Waals surface area contributed by atoms with Crippen molar-refractivity contribution in [2.45, 2.75) is 45.7 Å². The van der Waals surface area contributed by atoms with Crippen LogP contribution < -0.4 is 5.32 Å². The molecule has 0 bridgehead atoms. The van der Waals surface area contributed by atoms with Gasteiger partial charge in [0, 0.05) is 6.54 Å². The number of nitrogens with zero attached hydrogens (tertiary/aromatic N) is 1. The lowest BCUT2D eigenvalue weighted by molar-refractivity contribution is -0.140. The van der Waals surface area contributed by atoms with Gasteiger partial charge in [-0.05, 0) is 38.0 Å². The van der Waals surface area contributed by atoms with Gasteiger partial charge in [-0.3, -0.25) is 14.9 Å². The van der Waals surface area contributed by atoms with Crippen LogP contribution in [0.3, 0.4) is 0 Å². The van der Waals surface area contributed by atoms with E-state index in [9.17, 15) is 14.0 Å². The Kier molecular flexibility index (Phi) is 7.68. The largest absolute Gasteiger partial charge is 0.480 e. The second kappa shape index (κ2) is 9.25. The normalized spacial score (nSPS) is 13.4. The number of carboxylic acids is 1. The fourth-order valence-corrected chi connectivity index (χ4v) is 2.50. The third kappa shape index (κ3) is 5.63. The van der Waals surface area contributed by atoms with Crippen LogP contribution in [-0.4, -0.2) is 41.0 Å². The summed E-state index contributed by atoms with van der Waals surface area (Å²) in [6.45, 7) is 6.09. The Bertz CT molecular complexity index is 519. The Morgan fingerprint density at radius 1 is 1.26 bits per heavy atom. The number of rotatable bonds is 9. The first-order valence-corrected chi connectivity index (χ1v) is 7.91. The van der Waals surface area contributed by atoms with Crippen molar-refractivity contribution in [2.24, 2.45) is 0 Å². The van der Waals surface area contributed by atoms with E-state index < -0.39 is 12.0 Å². The van der Waals surface area contributed by atoms with E-state index in [0.29, 0.717) is 13.0 Å². The van der Waals surface area contributed by atoms with Crippen molar-refractivity contribution in [2.75, 3.05) is 13.1 Å². The van der Waals surface area contributed by atoms with Gasteiger partial charge >= 0.3 is 5.97 Å². The molecule has 1 aromatic carbocycles. The maximum atomic E-state index is 13.0. The monoisotopic (exact) mass is 324 g/mol. The molecule has 0 aromatic heterocycles. The molecule has 0 aliphatic rings. The summed E-state index contributed by atoms with van der Waals surface area (Å²) in [5, 5.41) is 11.9. The predicted octanol–water partition coefficient (Wildman–Crippen LogP) is 2.58. The van der Waals surface area contributed by atoms with Gasteiger partial charge in [0.15, 0.2) is 0 Å². The molecular weight excluding hydrogens is 299 g/mol. The van der Waals surface area contributed by atoms with E-state index in [0.717, 1.165) is 12.0 Å². The zero-order valence-corrected chi connectivity index (χ0v) is 13.9. The highest BCUT2D eigenvalue weighted by Gasteiger charge is 2.22. The lowest BCUT2D eigenvalue weighted by Crippen LogP contribution is -2.45. The Hall–Kier alpha value is -1.95. The number of carboxylic acid groups (broad SMARTS) is 1. The number of aliphatic carboxylic acids is 1. The Labute approximate surface area is 136 Å². The summed E-state index contributed by atoms with van der Waals surface area (Å²) in [5.41, 5.74) is 0.838. The quantitative estimate of drug-likeness (QED) is 0.732. The first kappa shape index (κ1) is 19.1. The van der Waals surface area contributed by atoms with E-state index in [-0.39, 0.29) is 24.3 Å². The van der Waals surface area contributed by atoms with Crippen LogP contribution in [0.15, 0.2) is 24.3 Å². The highest BCUT2D eigenvalue weighted by Crippen LogP contribution is 2.20. The van der Waals surface area contributed by atoms with Crippen LogP contribution in [0.2, 0.25) is 0 Å². The number of likely N-dealkylation sites (N-methyl/N-ethyl adjacent to an activating group) is 1. The molecule has 0 spiro atoms. The Balaban J connectivity index is 2.70. The molecule has 2 atom stereocenters. The first-order valence-electron chi connectivity index (χ1n) is 7.91. The standard InChI is InChI=1S/C17H25FN2O3/c1-4-6-15(17(22)23)19-11-16(21)20(5-2)12(3)13-7-9-14(18)10-8-13/h7-10,12,15,19H,4-6,11H2,1-3H3,(H,22,23). The van der Waals surface area contributed by atoms with Crippen molar-refractivity contribution in [1.82, 2.24) is 10.2 Å². The molecular formula is C17H25FN2O3. The summed E-state index contributed by atoms with van der Waals surface area (Å²) in [4.78, 5) is 25.1. The lowest BCUT2D eigenvalue weighted by atomic mass is 10.1. The van der Waals surface area contributed by atoms with Crippen LogP contribution in [0.4, 0.5) is 4.39 Å². The van der Waals surface area contributed by atoms with Gasteiger partial charge in [-0.2, -0.15) is 0 Å². The van der Waals surface area contributed by atoms with Gasteiger partial charge in [0.05, 0.1) is 12.6 Å². The van der Waals surface area contributed by atoms with Crippen LogP contribution in [0.25, 0.3) is 0 Å². The van der Waals surface area contributed by atoms with Crippen molar-refractivity contribution in [3.8, 4) is 0 Å². The number of hydrogen-bond acceptors (Lipinski definition) is 3. The van der Waals surface area contributed by atoms with E-state index in [1.54, 1.807) is 17.0 Å². The number of benzene rings is 1. The van der Waals surface area contributed by atoms with Crippen molar-refractivity contribution in [1.29, 1.82) is 0 Å². The highest BCUT2D eigenvalue weighted by molar-refractivity contribution is 5.80. The van der Waals surface area contributed by atoms with Crippen LogP contribution in [-0.2, 0) is 9.59 Å². The van der Waals surface area contributed by atoms with E-state index in [4.69, 9.17) is 5.11 Å². The van der Waals surface area contributed by atoms with Crippen molar-refractivity contribution in [3.05, 3.63) is 35.6 Å². The second-order valence-corrected chi connectivity index (χ2v) is 5.47. The molecule has 0 saturated heterocycles.